The van der Waals surface area contributed by atoms with Gasteiger partial charge >= 0.3 is 5.69 Å². The Hall–Kier alpha value is -2.31. The Balaban J connectivity index is 2.00. The zero-order chi connectivity index (χ0) is 22.1. The van der Waals surface area contributed by atoms with Crippen molar-refractivity contribution in [3.8, 4) is 0 Å². The largest absolute Gasteiger partial charge is 0.390 e. The van der Waals surface area contributed by atoms with E-state index in [-0.39, 0.29) is 24.0 Å². The summed E-state index contributed by atoms with van der Waals surface area (Å²) in [5, 5.41) is 12.7. The number of hydrogen-bond acceptors (Lipinski definition) is 8. The van der Waals surface area contributed by atoms with Crippen molar-refractivity contribution in [2.75, 3.05) is 39.3 Å². The number of nitrogens with one attached hydrogen (secondary N) is 2. The molecule has 0 bridgehead atoms. The Bertz CT molecular complexity index is 829. The molecular weight excluding hydrogens is 392 g/mol. The Labute approximate surface area is 174 Å². The minimum Gasteiger partial charge on any atom is -0.390 e. The first-order valence-corrected chi connectivity index (χ1v) is 10.2. The van der Waals surface area contributed by atoms with Gasteiger partial charge in [-0.1, -0.05) is 6.92 Å². The maximum absolute atomic E-state index is 12.2. The van der Waals surface area contributed by atoms with E-state index in [1.165, 1.54) is 22.9 Å². The zero-order valence-corrected chi connectivity index (χ0v) is 17.3. The van der Waals surface area contributed by atoms with Gasteiger partial charge in [0, 0.05) is 58.0 Å². The molecule has 30 heavy (non-hydrogen) atoms. The third kappa shape index (κ3) is 6.61. The molecule has 2 heterocycles. The quantitative estimate of drug-likeness (QED) is 0.253. The highest BCUT2D eigenvalue weighted by atomic mass is 16.5. The average molecular weight is 425 g/mol. The second kappa shape index (κ2) is 11.8. The Morgan fingerprint density at radius 3 is 2.67 bits per heavy atom. The summed E-state index contributed by atoms with van der Waals surface area (Å²) in [6.45, 7) is 5.29. The van der Waals surface area contributed by atoms with E-state index in [4.69, 9.17) is 16.2 Å². The van der Waals surface area contributed by atoms with Gasteiger partial charge in [0.1, 0.15) is 6.23 Å². The van der Waals surface area contributed by atoms with Crippen LogP contribution >= 0.6 is 0 Å². The van der Waals surface area contributed by atoms with Gasteiger partial charge in [-0.05, 0) is 12.5 Å². The van der Waals surface area contributed by atoms with Gasteiger partial charge < -0.3 is 26.6 Å². The van der Waals surface area contributed by atoms with E-state index < -0.39 is 23.6 Å². The van der Waals surface area contributed by atoms with Crippen molar-refractivity contribution in [1.29, 1.82) is 0 Å². The zero-order valence-electron chi connectivity index (χ0n) is 17.3. The molecule has 1 fully saturated rings. The number of amides is 1. The number of aliphatic hydroxyl groups is 1. The third-order valence-corrected chi connectivity index (χ3v) is 4.94. The lowest BCUT2D eigenvalue weighted by Crippen LogP contribution is -2.39. The van der Waals surface area contributed by atoms with Crippen LogP contribution in [0.3, 0.4) is 0 Å². The van der Waals surface area contributed by atoms with Crippen LogP contribution in [0.1, 0.15) is 31.6 Å². The lowest BCUT2D eigenvalue weighted by atomic mass is 10.1. The maximum atomic E-state index is 12.2. The molecule has 1 aromatic heterocycles. The number of nitrogens with zero attached hydrogens (tertiary/aromatic N) is 2. The summed E-state index contributed by atoms with van der Waals surface area (Å²) in [5.74, 6) is -0.369. The summed E-state index contributed by atoms with van der Waals surface area (Å²) in [7, 11) is 0. The van der Waals surface area contributed by atoms with Crippen LogP contribution < -0.4 is 28.0 Å². The van der Waals surface area contributed by atoms with Gasteiger partial charge in [0.05, 0.1) is 17.8 Å². The Morgan fingerprint density at radius 2 is 2.07 bits per heavy atom. The number of carbonyl (C=O) groups excluding carboxylic acids is 1. The maximum Gasteiger partial charge on any atom is 0.330 e. The van der Waals surface area contributed by atoms with Crippen molar-refractivity contribution in [3.63, 3.8) is 0 Å². The number of carbonyl (C=O) groups is 1. The normalized spacial score (nSPS) is 21.6. The van der Waals surface area contributed by atoms with Crippen molar-refractivity contribution < 1.29 is 14.6 Å². The van der Waals surface area contributed by atoms with E-state index in [1.807, 2.05) is 11.8 Å². The molecule has 1 amide bonds. The number of ether oxygens (including phenoxy) is 1. The van der Waals surface area contributed by atoms with Crippen molar-refractivity contribution in [2.24, 2.45) is 11.5 Å². The molecule has 0 aromatic carbocycles. The van der Waals surface area contributed by atoms with Gasteiger partial charge in [-0.25, -0.2) is 4.79 Å². The molecule has 3 atom stereocenters. The van der Waals surface area contributed by atoms with Crippen LogP contribution in [-0.2, 0) is 9.53 Å². The molecule has 1 aliphatic heterocycles. The topological polar surface area (TPSA) is 169 Å². The van der Waals surface area contributed by atoms with Crippen molar-refractivity contribution >= 4 is 12.0 Å². The molecule has 0 spiro atoms. The van der Waals surface area contributed by atoms with E-state index in [1.54, 1.807) is 0 Å². The van der Waals surface area contributed by atoms with Crippen molar-refractivity contribution in [3.05, 3.63) is 38.7 Å². The molecule has 0 aliphatic carbocycles. The second-order valence-corrected chi connectivity index (χ2v) is 7.13. The van der Waals surface area contributed by atoms with Crippen LogP contribution in [0.5, 0.6) is 0 Å². The predicted octanol–water partition coefficient (Wildman–Crippen LogP) is -2.06. The van der Waals surface area contributed by atoms with Gasteiger partial charge in [-0.3, -0.25) is 24.0 Å². The molecule has 11 heteroatoms. The van der Waals surface area contributed by atoms with E-state index in [0.29, 0.717) is 45.7 Å². The van der Waals surface area contributed by atoms with Gasteiger partial charge in [-0.2, -0.15) is 0 Å². The molecule has 0 unspecified atom stereocenters. The Kier molecular flexibility index (Phi) is 9.40. The molecule has 1 aromatic rings. The van der Waals surface area contributed by atoms with Crippen LogP contribution in [-0.4, -0.2) is 76.9 Å². The SMILES string of the molecule is CC[C@H]1O[C@@H](n2cc(/C=C/C(=O)NCCN(CCN)CCN)c(=O)[nH]c2=O)C[C@H]1O. The van der Waals surface area contributed by atoms with E-state index in [0.717, 1.165) is 0 Å². The van der Waals surface area contributed by atoms with Crippen LogP contribution in [0.4, 0.5) is 0 Å². The number of nitrogens with two attached hydrogens (primary N) is 2. The molecule has 0 radical (unpaired) electrons. The predicted molar refractivity (Wildman–Crippen MR) is 113 cm³/mol. The first kappa shape index (κ1) is 24.0. The highest BCUT2D eigenvalue weighted by molar-refractivity contribution is 5.91. The lowest BCUT2D eigenvalue weighted by Gasteiger charge is -2.20. The number of aromatic nitrogens is 2. The summed E-state index contributed by atoms with van der Waals surface area (Å²) >= 11 is 0. The molecule has 1 saturated heterocycles. The molecule has 2 rings (SSSR count). The van der Waals surface area contributed by atoms with Crippen LogP contribution in [0.15, 0.2) is 21.9 Å². The standard InChI is InChI=1S/C19H32N6O5/c1-2-15-14(26)11-17(30-15)25-12-13(18(28)23-19(25)29)3-4-16(27)22-7-10-24(8-5-20)9-6-21/h3-4,12,14-15,17,26H,2,5-11,20-21H2,1H3,(H,22,27)(H,23,28,29)/b4-3+/t14-,15-,17-/m1/s1. The summed E-state index contributed by atoms with van der Waals surface area (Å²) in [6, 6.07) is 0. The molecule has 0 saturated carbocycles. The van der Waals surface area contributed by atoms with Crippen LogP contribution in [0, 0.1) is 0 Å². The fourth-order valence-corrected chi connectivity index (χ4v) is 3.35. The van der Waals surface area contributed by atoms with Crippen molar-refractivity contribution in [1.82, 2.24) is 19.8 Å². The number of aliphatic hydroxyl groups excluding tert-OH is 1. The van der Waals surface area contributed by atoms with Gasteiger partial charge in [0.2, 0.25) is 5.91 Å². The number of aromatic amines is 1. The van der Waals surface area contributed by atoms with Gasteiger partial charge in [-0.15, -0.1) is 0 Å². The first-order valence-electron chi connectivity index (χ1n) is 10.2. The highest BCUT2D eigenvalue weighted by Gasteiger charge is 2.34. The first-order chi connectivity index (χ1) is 14.4. The summed E-state index contributed by atoms with van der Waals surface area (Å²) < 4.78 is 6.92. The van der Waals surface area contributed by atoms with Gasteiger partial charge in [0.25, 0.3) is 5.56 Å². The van der Waals surface area contributed by atoms with Crippen LogP contribution in [0.2, 0.25) is 0 Å². The monoisotopic (exact) mass is 424 g/mol. The highest BCUT2D eigenvalue weighted by Crippen LogP contribution is 2.29. The number of hydrogen-bond donors (Lipinski definition) is 5. The fraction of sp³-hybridized carbons (Fsp3) is 0.632. The second-order valence-electron chi connectivity index (χ2n) is 7.13. The number of rotatable bonds is 11. The molecule has 168 valence electrons. The minimum absolute atomic E-state index is 0.135. The summed E-state index contributed by atoms with van der Waals surface area (Å²) in [4.78, 5) is 40.5. The molecular formula is C19H32N6O5. The molecule has 11 nitrogen and oxygen atoms in total. The average Bonchev–Trinajstić information content (AvgIpc) is 3.08. The molecule has 1 aliphatic rings. The summed E-state index contributed by atoms with van der Waals surface area (Å²) in [5.41, 5.74) is 9.99. The minimum atomic E-state index is -0.679. The Morgan fingerprint density at radius 1 is 1.37 bits per heavy atom. The lowest BCUT2D eigenvalue weighted by molar-refractivity contribution is -0.116. The number of H-pyrrole nitrogens is 1. The van der Waals surface area contributed by atoms with E-state index in [2.05, 4.69) is 10.3 Å². The van der Waals surface area contributed by atoms with Gasteiger partial charge in [0.15, 0.2) is 0 Å². The van der Waals surface area contributed by atoms with Crippen LogP contribution in [0.25, 0.3) is 6.08 Å². The fourth-order valence-electron chi connectivity index (χ4n) is 3.35. The van der Waals surface area contributed by atoms with Crippen molar-refractivity contribution in [2.45, 2.75) is 38.2 Å². The smallest absolute Gasteiger partial charge is 0.330 e. The summed E-state index contributed by atoms with van der Waals surface area (Å²) in [6.07, 6.45) is 3.04. The van der Waals surface area contributed by atoms with E-state index in [9.17, 15) is 19.5 Å². The third-order valence-electron chi connectivity index (χ3n) is 4.94. The molecule has 7 N–H and O–H groups in total. The van der Waals surface area contributed by atoms with E-state index >= 15 is 0 Å².